The number of nitrogens with zero attached hydrogens (tertiary/aromatic N) is 3. The number of hydrogen-bond donors (Lipinski definition) is 2. The fourth-order valence-electron chi connectivity index (χ4n) is 2.77. The number of anilines is 2. The monoisotopic (exact) mass is 278 g/mol. The zero-order chi connectivity index (χ0) is 14.4. The quantitative estimate of drug-likeness (QED) is 0.836. The van der Waals surface area contributed by atoms with Crippen molar-refractivity contribution in [1.82, 2.24) is 9.97 Å². The van der Waals surface area contributed by atoms with Crippen LogP contribution in [0.2, 0.25) is 0 Å². The maximum Gasteiger partial charge on any atom is 0.224 e. The third kappa shape index (κ3) is 3.60. The van der Waals surface area contributed by atoms with E-state index in [4.69, 9.17) is 0 Å². The summed E-state index contributed by atoms with van der Waals surface area (Å²) in [4.78, 5) is 11.4. The Labute approximate surface area is 121 Å². The van der Waals surface area contributed by atoms with E-state index >= 15 is 0 Å². The summed E-state index contributed by atoms with van der Waals surface area (Å²) < 4.78 is 0. The van der Waals surface area contributed by atoms with E-state index < -0.39 is 0 Å². The van der Waals surface area contributed by atoms with Gasteiger partial charge in [0.1, 0.15) is 5.82 Å². The third-order valence-corrected chi connectivity index (χ3v) is 3.84. The minimum absolute atomic E-state index is 0.242. The average Bonchev–Trinajstić information content (AvgIpc) is 2.47. The Hall–Kier alpha value is -1.36. The fraction of sp³-hybridized carbons (Fsp3) is 0.733. The first kappa shape index (κ1) is 15.0. The molecule has 2 heterocycles. The van der Waals surface area contributed by atoms with E-state index in [1.165, 1.54) is 12.8 Å². The molecule has 0 amide bonds. The number of aliphatic hydroxyl groups is 1. The van der Waals surface area contributed by atoms with Gasteiger partial charge < -0.3 is 15.3 Å². The van der Waals surface area contributed by atoms with Crippen molar-refractivity contribution in [2.75, 3.05) is 29.9 Å². The number of nitrogens with one attached hydrogen (secondary N) is 1. The molecule has 20 heavy (non-hydrogen) atoms. The van der Waals surface area contributed by atoms with Gasteiger partial charge in [-0.3, -0.25) is 0 Å². The van der Waals surface area contributed by atoms with E-state index in [1.807, 2.05) is 6.20 Å². The predicted molar refractivity (Wildman–Crippen MR) is 82.2 cm³/mol. The van der Waals surface area contributed by atoms with E-state index in [0.29, 0.717) is 12.0 Å². The largest absolute Gasteiger partial charge is 0.396 e. The maximum atomic E-state index is 9.25. The standard InChI is InChI=1S/C15H26N4O/c1-3-8-16-15-17-11-12(2)14(18-15)19-9-5-4-6-13(19)7-10-20/h11,13,20H,3-10H2,1-2H3,(H,16,17,18). The summed E-state index contributed by atoms with van der Waals surface area (Å²) in [5, 5.41) is 12.5. The van der Waals surface area contributed by atoms with Crippen LogP contribution in [0.25, 0.3) is 0 Å². The van der Waals surface area contributed by atoms with Crippen molar-refractivity contribution in [2.45, 2.75) is 52.0 Å². The molecule has 0 bridgehead atoms. The second-order valence-corrected chi connectivity index (χ2v) is 5.48. The predicted octanol–water partition coefficient (Wildman–Crippen LogP) is 2.35. The van der Waals surface area contributed by atoms with Crippen LogP contribution in [0, 0.1) is 6.92 Å². The normalized spacial score (nSPS) is 19.1. The summed E-state index contributed by atoms with van der Waals surface area (Å²) in [6.07, 6.45) is 7.35. The highest BCUT2D eigenvalue weighted by Crippen LogP contribution is 2.27. The third-order valence-electron chi connectivity index (χ3n) is 3.84. The molecule has 0 aliphatic carbocycles. The summed E-state index contributed by atoms with van der Waals surface area (Å²) in [5.41, 5.74) is 1.11. The Morgan fingerprint density at radius 1 is 1.45 bits per heavy atom. The second-order valence-electron chi connectivity index (χ2n) is 5.48. The van der Waals surface area contributed by atoms with E-state index in [-0.39, 0.29) is 6.61 Å². The van der Waals surface area contributed by atoms with Gasteiger partial charge in [-0.05, 0) is 39.0 Å². The Kier molecular flexibility index (Phi) is 5.59. The van der Waals surface area contributed by atoms with Crippen molar-refractivity contribution >= 4 is 11.8 Å². The molecule has 1 saturated heterocycles. The lowest BCUT2D eigenvalue weighted by Gasteiger charge is -2.37. The smallest absolute Gasteiger partial charge is 0.224 e. The summed E-state index contributed by atoms with van der Waals surface area (Å²) in [6.45, 7) is 6.35. The van der Waals surface area contributed by atoms with Crippen molar-refractivity contribution in [1.29, 1.82) is 0 Å². The van der Waals surface area contributed by atoms with Crippen LogP contribution in [0.5, 0.6) is 0 Å². The lowest BCUT2D eigenvalue weighted by atomic mass is 9.99. The number of aliphatic hydroxyl groups excluding tert-OH is 1. The molecule has 0 spiro atoms. The van der Waals surface area contributed by atoms with E-state index in [2.05, 4.69) is 34.0 Å². The summed E-state index contributed by atoms with van der Waals surface area (Å²) >= 11 is 0. The van der Waals surface area contributed by atoms with Gasteiger partial charge in [-0.2, -0.15) is 4.98 Å². The first-order valence-electron chi connectivity index (χ1n) is 7.71. The Balaban J connectivity index is 2.19. The summed E-state index contributed by atoms with van der Waals surface area (Å²) in [5.74, 6) is 1.73. The molecule has 0 saturated carbocycles. The zero-order valence-electron chi connectivity index (χ0n) is 12.6. The van der Waals surface area contributed by atoms with Gasteiger partial charge in [0.15, 0.2) is 0 Å². The highest BCUT2D eigenvalue weighted by molar-refractivity contribution is 5.50. The lowest BCUT2D eigenvalue weighted by Crippen LogP contribution is -2.41. The van der Waals surface area contributed by atoms with Crippen LogP contribution in [-0.2, 0) is 0 Å². The molecule has 5 heteroatoms. The van der Waals surface area contributed by atoms with E-state index in [1.54, 1.807) is 0 Å². The molecular formula is C15H26N4O. The number of aromatic nitrogens is 2. The van der Waals surface area contributed by atoms with Gasteiger partial charge in [-0.15, -0.1) is 0 Å². The number of hydrogen-bond acceptors (Lipinski definition) is 5. The molecule has 0 radical (unpaired) electrons. The fourth-order valence-corrected chi connectivity index (χ4v) is 2.77. The van der Waals surface area contributed by atoms with Gasteiger partial charge in [0.25, 0.3) is 0 Å². The van der Waals surface area contributed by atoms with Crippen LogP contribution in [0.3, 0.4) is 0 Å². The molecule has 2 rings (SSSR count). The molecule has 1 aliphatic heterocycles. The van der Waals surface area contributed by atoms with Crippen LogP contribution in [0.15, 0.2) is 6.20 Å². The highest BCUT2D eigenvalue weighted by Gasteiger charge is 2.24. The minimum atomic E-state index is 0.242. The molecular weight excluding hydrogens is 252 g/mol. The van der Waals surface area contributed by atoms with Crippen LogP contribution in [0.4, 0.5) is 11.8 Å². The van der Waals surface area contributed by atoms with Gasteiger partial charge in [0, 0.05) is 37.5 Å². The molecule has 1 atom stereocenters. The molecule has 0 aromatic carbocycles. The summed E-state index contributed by atoms with van der Waals surface area (Å²) in [7, 11) is 0. The van der Waals surface area contributed by atoms with Crippen molar-refractivity contribution in [3.8, 4) is 0 Å². The highest BCUT2D eigenvalue weighted by atomic mass is 16.3. The van der Waals surface area contributed by atoms with Gasteiger partial charge >= 0.3 is 0 Å². The number of rotatable bonds is 6. The van der Waals surface area contributed by atoms with E-state index in [9.17, 15) is 5.11 Å². The van der Waals surface area contributed by atoms with E-state index in [0.717, 1.165) is 43.7 Å². The van der Waals surface area contributed by atoms with Crippen LogP contribution < -0.4 is 10.2 Å². The molecule has 1 aliphatic rings. The topological polar surface area (TPSA) is 61.3 Å². The lowest BCUT2D eigenvalue weighted by molar-refractivity contribution is 0.262. The first-order valence-corrected chi connectivity index (χ1v) is 7.71. The molecule has 1 fully saturated rings. The molecule has 5 nitrogen and oxygen atoms in total. The Bertz CT molecular complexity index is 422. The van der Waals surface area contributed by atoms with Crippen molar-refractivity contribution in [3.05, 3.63) is 11.8 Å². The second kappa shape index (κ2) is 7.43. The van der Waals surface area contributed by atoms with Gasteiger partial charge in [0.05, 0.1) is 0 Å². The number of aryl methyl sites for hydroxylation is 1. The molecule has 1 aromatic heterocycles. The molecule has 1 unspecified atom stereocenters. The van der Waals surface area contributed by atoms with Gasteiger partial charge in [0.2, 0.25) is 5.95 Å². The first-order chi connectivity index (χ1) is 9.76. The summed E-state index contributed by atoms with van der Waals surface area (Å²) in [6, 6.07) is 0.404. The van der Waals surface area contributed by atoms with Crippen molar-refractivity contribution in [3.63, 3.8) is 0 Å². The van der Waals surface area contributed by atoms with Crippen molar-refractivity contribution in [2.24, 2.45) is 0 Å². The number of piperidine rings is 1. The minimum Gasteiger partial charge on any atom is -0.396 e. The van der Waals surface area contributed by atoms with Crippen LogP contribution >= 0.6 is 0 Å². The van der Waals surface area contributed by atoms with Crippen LogP contribution in [0.1, 0.15) is 44.6 Å². The Morgan fingerprint density at radius 3 is 3.05 bits per heavy atom. The van der Waals surface area contributed by atoms with Gasteiger partial charge in [-0.1, -0.05) is 6.92 Å². The zero-order valence-corrected chi connectivity index (χ0v) is 12.6. The molecule has 112 valence electrons. The van der Waals surface area contributed by atoms with Gasteiger partial charge in [-0.25, -0.2) is 4.98 Å². The molecule has 2 N–H and O–H groups in total. The maximum absolute atomic E-state index is 9.25. The van der Waals surface area contributed by atoms with Crippen LogP contribution in [-0.4, -0.2) is 40.8 Å². The SMILES string of the molecule is CCCNc1ncc(C)c(N2CCCCC2CCO)n1. The average molecular weight is 278 g/mol. The van der Waals surface area contributed by atoms with Crippen molar-refractivity contribution < 1.29 is 5.11 Å². The molecule has 1 aromatic rings. The Morgan fingerprint density at radius 2 is 2.30 bits per heavy atom.